The molecule has 1 amide bonds. The van der Waals surface area contributed by atoms with E-state index in [0.29, 0.717) is 23.7 Å². The van der Waals surface area contributed by atoms with E-state index >= 15 is 4.79 Å². The third-order valence-electron chi connectivity index (χ3n) is 18.6. The maximum Gasteiger partial charge on any atom is 0.306 e. The van der Waals surface area contributed by atoms with E-state index < -0.39 is 11.4 Å². The maximum absolute atomic E-state index is 15.2. The van der Waals surface area contributed by atoms with Crippen LogP contribution in [-0.2, 0) is 19.1 Å². The van der Waals surface area contributed by atoms with Gasteiger partial charge in [0, 0.05) is 12.7 Å². The highest BCUT2D eigenvalue weighted by atomic mass is 19.1. The van der Waals surface area contributed by atoms with Gasteiger partial charge < -0.3 is 25.4 Å². The fourth-order valence-electron chi connectivity index (χ4n) is 15.1. The van der Waals surface area contributed by atoms with Gasteiger partial charge in [-0.2, -0.15) is 0 Å². The monoisotopic (exact) mass is 846 g/mol. The molecule has 2 heterocycles. The molecule has 1 aromatic rings. The van der Waals surface area contributed by atoms with Crippen molar-refractivity contribution >= 4 is 23.5 Å². The Morgan fingerprint density at radius 3 is 2.18 bits per heavy atom. The molecule has 2 aliphatic heterocycles. The predicted molar refractivity (Wildman–Crippen MR) is 242 cm³/mol. The first-order chi connectivity index (χ1) is 28.8. The Hall–Kier alpha value is -3.36. The second-order valence-electron chi connectivity index (χ2n) is 21.8. The number of ether oxygens (including phenoxy) is 1. The lowest BCUT2D eigenvalue weighted by atomic mass is 9.31. The third kappa shape index (κ3) is 7.97. The molecular formula is C52H80FN3O5. The lowest BCUT2D eigenvalue weighted by molar-refractivity contribution is -0.261. The van der Waals surface area contributed by atoms with Crippen LogP contribution >= 0.6 is 0 Å². The molecule has 5 saturated carbocycles. The highest BCUT2D eigenvalue weighted by Gasteiger charge is 2.72. The first-order valence-corrected chi connectivity index (χ1v) is 24.1. The number of allylic oxidation sites excluding steroid dienone is 1. The number of nitrogens with zero attached hydrogens (tertiary/aromatic N) is 1. The number of nitrogens with one attached hydrogen (secondary N) is 2. The molecule has 0 aromatic heterocycles. The average Bonchev–Trinajstić information content (AvgIpc) is 3.99. The number of hydrogen-bond donors (Lipinski definition) is 3. The number of halogens is 1. The molecule has 1 saturated heterocycles. The van der Waals surface area contributed by atoms with E-state index in [1.54, 1.807) is 18.2 Å². The van der Waals surface area contributed by atoms with E-state index in [9.17, 15) is 19.1 Å². The zero-order valence-electron chi connectivity index (χ0n) is 39.4. The van der Waals surface area contributed by atoms with Gasteiger partial charge in [-0.25, -0.2) is 4.39 Å². The molecule has 11 unspecified atom stereocenters. The molecule has 61 heavy (non-hydrogen) atoms. The van der Waals surface area contributed by atoms with Gasteiger partial charge in [0.1, 0.15) is 18.1 Å². The summed E-state index contributed by atoms with van der Waals surface area (Å²) in [4.78, 5) is 42.1. The molecule has 12 atom stereocenters. The fraction of sp³-hybridized carbons (Fsp3) is 0.750. The van der Waals surface area contributed by atoms with Crippen LogP contribution < -0.4 is 10.6 Å². The van der Waals surface area contributed by atoms with Crippen molar-refractivity contribution in [2.75, 3.05) is 6.54 Å². The molecule has 5 aliphatic carbocycles. The van der Waals surface area contributed by atoms with Gasteiger partial charge in [-0.15, -0.1) is 6.58 Å². The smallest absolute Gasteiger partial charge is 0.306 e. The summed E-state index contributed by atoms with van der Waals surface area (Å²) in [5.41, 5.74) is 1.45. The van der Waals surface area contributed by atoms with Crippen molar-refractivity contribution in [3.05, 3.63) is 54.5 Å². The van der Waals surface area contributed by atoms with Crippen LogP contribution in [0.1, 0.15) is 171 Å². The Labute approximate surface area is 367 Å². The van der Waals surface area contributed by atoms with Gasteiger partial charge in [0.15, 0.2) is 0 Å². The number of carboxylic acid groups (broad SMARTS) is 1. The van der Waals surface area contributed by atoms with Crippen LogP contribution in [0.15, 0.2) is 43.1 Å². The summed E-state index contributed by atoms with van der Waals surface area (Å²) < 4.78 is 19.9. The van der Waals surface area contributed by atoms with Crippen LogP contribution in [0.25, 0.3) is 5.70 Å². The highest BCUT2D eigenvalue weighted by Crippen LogP contribution is 2.78. The lowest BCUT2D eigenvalue weighted by Crippen LogP contribution is -2.68. The third-order valence-corrected chi connectivity index (χ3v) is 18.6. The van der Waals surface area contributed by atoms with Crippen LogP contribution in [0.5, 0.6) is 0 Å². The van der Waals surface area contributed by atoms with Crippen molar-refractivity contribution in [3.8, 4) is 0 Å². The van der Waals surface area contributed by atoms with Gasteiger partial charge in [0.2, 0.25) is 5.91 Å². The molecule has 0 spiro atoms. The summed E-state index contributed by atoms with van der Waals surface area (Å²) >= 11 is 0. The van der Waals surface area contributed by atoms with E-state index in [4.69, 9.17) is 4.74 Å². The first kappa shape index (κ1) is 47.1. The molecule has 6 fully saturated rings. The number of likely N-dealkylation sites (tertiary alicyclic amines) is 1. The minimum atomic E-state index is -0.889. The largest absolute Gasteiger partial charge is 0.481 e. The van der Waals surface area contributed by atoms with Crippen molar-refractivity contribution in [1.82, 2.24) is 15.5 Å². The Kier molecular flexibility index (Phi) is 13.6. The van der Waals surface area contributed by atoms with Gasteiger partial charge >= 0.3 is 11.9 Å². The van der Waals surface area contributed by atoms with E-state index in [-0.39, 0.29) is 75.9 Å². The van der Waals surface area contributed by atoms with Crippen LogP contribution in [-0.4, -0.2) is 52.7 Å². The highest BCUT2D eigenvalue weighted by molar-refractivity contribution is 5.84. The Morgan fingerprint density at radius 2 is 1.51 bits per heavy atom. The summed E-state index contributed by atoms with van der Waals surface area (Å²) in [5, 5.41) is 16.6. The number of carbonyl (C=O) groups excluding carboxylic acids is 2. The molecule has 8 rings (SSSR count). The predicted octanol–water partition coefficient (Wildman–Crippen LogP) is 11.5. The van der Waals surface area contributed by atoms with Gasteiger partial charge in [0.25, 0.3) is 0 Å². The number of esters is 1. The van der Waals surface area contributed by atoms with Crippen molar-refractivity contribution in [2.24, 2.45) is 56.2 Å². The van der Waals surface area contributed by atoms with Crippen molar-refractivity contribution in [3.63, 3.8) is 0 Å². The summed E-state index contributed by atoms with van der Waals surface area (Å²) in [6.45, 7) is 26.4. The van der Waals surface area contributed by atoms with Crippen molar-refractivity contribution in [1.29, 1.82) is 0 Å². The molecular weight excluding hydrogens is 766 g/mol. The molecule has 9 heteroatoms. The Bertz CT molecular complexity index is 1810. The normalized spacial score (nSPS) is 39.8. The Morgan fingerprint density at radius 1 is 0.869 bits per heavy atom. The van der Waals surface area contributed by atoms with Crippen LogP contribution in [0.3, 0.4) is 0 Å². The zero-order chi connectivity index (χ0) is 44.8. The minimum Gasteiger partial charge on any atom is -0.481 e. The quantitative estimate of drug-likeness (QED) is 0.177. The zero-order valence-corrected chi connectivity index (χ0v) is 39.4. The van der Waals surface area contributed by atoms with Crippen LogP contribution in [0.2, 0.25) is 0 Å². The van der Waals surface area contributed by atoms with E-state index in [1.165, 1.54) is 25.0 Å². The molecule has 340 valence electrons. The second-order valence-corrected chi connectivity index (χ2v) is 21.8. The summed E-state index contributed by atoms with van der Waals surface area (Å²) in [6.07, 6.45) is 17.5. The number of amides is 1. The second kappa shape index (κ2) is 17.7. The number of carboxylic acids is 1. The summed E-state index contributed by atoms with van der Waals surface area (Å²) in [6, 6.07) is 6.68. The Balaban J connectivity index is 0.00000119. The molecule has 7 aliphatic rings. The van der Waals surface area contributed by atoms with Gasteiger partial charge in [-0.3, -0.25) is 14.4 Å². The number of aliphatic carboxylic acids is 1. The number of hydrogen-bond acceptors (Lipinski definition) is 6. The minimum absolute atomic E-state index is 0.0282. The van der Waals surface area contributed by atoms with Crippen LogP contribution in [0, 0.1) is 62.0 Å². The standard InChI is InChI=1S/C47H68FN3O5.C3H6.C2H6/c1-29-36(56-39(54)27-42(2,3)26-38(52)53)18-20-45(6)37-17-16-32-33-10-8-19-47(33,24-23-44(32,5)46(37,7)22-21-43(29,45)4)41(55)51-25-9-11-35(51)40-49-28-34(50-40)30-12-14-31(48)15-13-30;1-3-2;1-2/h12-15,28-29,32-33,35-37,40,49-50H,8-11,16-27H2,1-7H3,(H,52,53);3H,1H2,2H3;1-2H3/t29?,32?,33?,35?,36?,37?,40?,43?,44-,45?,46?,47?;;/m1../s1. The van der Waals surface area contributed by atoms with Crippen LogP contribution in [0.4, 0.5) is 4.39 Å². The van der Waals surface area contributed by atoms with Gasteiger partial charge in [-0.1, -0.05) is 74.8 Å². The van der Waals surface area contributed by atoms with E-state index in [0.717, 1.165) is 88.4 Å². The molecule has 0 radical (unpaired) electrons. The fourth-order valence-corrected chi connectivity index (χ4v) is 15.1. The molecule has 8 nitrogen and oxygen atoms in total. The van der Waals surface area contributed by atoms with E-state index in [1.807, 2.05) is 40.8 Å². The molecule has 1 aromatic carbocycles. The van der Waals surface area contributed by atoms with Gasteiger partial charge in [0.05, 0.1) is 30.0 Å². The summed E-state index contributed by atoms with van der Waals surface area (Å²) in [7, 11) is 0. The molecule has 3 N–H and O–H groups in total. The molecule has 0 bridgehead atoms. The number of fused-ring (bicyclic) bond motifs is 7. The van der Waals surface area contributed by atoms with E-state index in [2.05, 4.69) is 56.7 Å². The van der Waals surface area contributed by atoms with Crippen molar-refractivity contribution < 1.29 is 28.6 Å². The lowest BCUT2D eigenvalue weighted by Gasteiger charge is -2.74. The number of benzene rings is 1. The SMILES string of the molecule is C=CC.CC.CC1C(OC(=O)CC(C)(C)CC(=O)O)CCC2(C)C3CCC4C5CCCC5(C(=O)N5CCCC5C5NC=C(c6ccc(F)cc6)N5)CC[C@@]4(C)C3(C)CCC12C. The first-order valence-electron chi connectivity index (χ1n) is 24.1. The van der Waals surface area contributed by atoms with Crippen molar-refractivity contribution in [2.45, 2.75) is 184 Å². The average molecular weight is 846 g/mol. The topological polar surface area (TPSA) is 108 Å². The summed E-state index contributed by atoms with van der Waals surface area (Å²) in [5.74, 6) is 0.751. The van der Waals surface area contributed by atoms with Gasteiger partial charge in [-0.05, 0) is 165 Å². The number of carbonyl (C=O) groups is 3. The number of rotatable bonds is 8. The maximum atomic E-state index is 15.2.